The van der Waals surface area contributed by atoms with E-state index in [1.165, 1.54) is 11.1 Å². The van der Waals surface area contributed by atoms with Gasteiger partial charge in [-0.05, 0) is 17.5 Å². The summed E-state index contributed by atoms with van der Waals surface area (Å²) in [5.41, 5.74) is 7.78. The molecule has 1 aliphatic rings. The Bertz CT molecular complexity index is 530. The summed E-state index contributed by atoms with van der Waals surface area (Å²) >= 11 is 4.61. The van der Waals surface area contributed by atoms with Gasteiger partial charge in [0.05, 0.1) is 11.5 Å². The van der Waals surface area contributed by atoms with Crippen molar-refractivity contribution in [2.75, 3.05) is 13.1 Å². The van der Waals surface area contributed by atoms with Gasteiger partial charge in [0.25, 0.3) is 0 Å². The maximum atomic E-state index is 11.5. The third kappa shape index (κ3) is 3.29. The molecule has 0 aliphatic heterocycles. The number of amides is 2. The summed E-state index contributed by atoms with van der Waals surface area (Å²) in [5.74, 6) is -1.07. The predicted octanol–water partition coefficient (Wildman–Crippen LogP) is -0.155. The molecule has 0 spiro atoms. The van der Waals surface area contributed by atoms with Crippen LogP contribution in [0, 0.1) is 0 Å². The lowest BCUT2D eigenvalue weighted by Gasteiger charge is -2.30. The van der Waals surface area contributed by atoms with Crippen molar-refractivity contribution in [1.82, 2.24) is 10.6 Å². The number of nitrogens with two attached hydrogens (primary N) is 1. The summed E-state index contributed by atoms with van der Waals surface area (Å²) < 4.78 is 0. The standard InChI is InChI=1S/C13H15N3O2S/c14-11(19)7-16-13(18)12(17)15-6-9-5-8-3-1-2-4-10(8)9/h1-4,9H,5-7H2,(H2,14,19)(H,15,17)(H,16,18). The average molecular weight is 277 g/mol. The molecule has 0 heterocycles. The molecular formula is C13H15N3O2S. The van der Waals surface area contributed by atoms with Crippen molar-refractivity contribution in [3.63, 3.8) is 0 Å². The molecule has 5 nitrogen and oxygen atoms in total. The maximum absolute atomic E-state index is 11.5. The van der Waals surface area contributed by atoms with Gasteiger partial charge in [0, 0.05) is 12.5 Å². The van der Waals surface area contributed by atoms with E-state index in [2.05, 4.69) is 28.9 Å². The Morgan fingerprint density at radius 2 is 1.95 bits per heavy atom. The van der Waals surface area contributed by atoms with Crippen LogP contribution in [0.3, 0.4) is 0 Å². The van der Waals surface area contributed by atoms with Crippen LogP contribution in [0.25, 0.3) is 0 Å². The van der Waals surface area contributed by atoms with Gasteiger partial charge in [-0.1, -0.05) is 36.5 Å². The fourth-order valence-corrected chi connectivity index (χ4v) is 2.16. The van der Waals surface area contributed by atoms with Crippen molar-refractivity contribution in [1.29, 1.82) is 0 Å². The van der Waals surface area contributed by atoms with Crippen molar-refractivity contribution >= 4 is 29.0 Å². The van der Waals surface area contributed by atoms with Crippen molar-refractivity contribution in [3.8, 4) is 0 Å². The largest absolute Gasteiger partial charge is 0.392 e. The highest BCUT2D eigenvalue weighted by Gasteiger charge is 2.26. The first kappa shape index (κ1) is 13.5. The normalized spacial score (nSPS) is 15.9. The number of rotatable bonds is 4. The van der Waals surface area contributed by atoms with Crippen LogP contribution in [0.15, 0.2) is 24.3 Å². The van der Waals surface area contributed by atoms with E-state index in [9.17, 15) is 9.59 Å². The SMILES string of the molecule is NC(=S)CNC(=O)C(=O)NCC1Cc2ccccc21. The number of fused-ring (bicyclic) bond motifs is 1. The summed E-state index contributed by atoms with van der Waals surface area (Å²) in [6, 6.07) is 8.09. The molecule has 4 N–H and O–H groups in total. The van der Waals surface area contributed by atoms with Gasteiger partial charge in [0.15, 0.2) is 0 Å². The van der Waals surface area contributed by atoms with Gasteiger partial charge in [0.1, 0.15) is 0 Å². The lowest BCUT2D eigenvalue weighted by atomic mass is 9.77. The molecule has 0 fully saturated rings. The maximum Gasteiger partial charge on any atom is 0.309 e. The Hall–Kier alpha value is -1.95. The van der Waals surface area contributed by atoms with Crippen molar-refractivity contribution < 1.29 is 9.59 Å². The summed E-state index contributed by atoms with van der Waals surface area (Å²) in [4.78, 5) is 23.0. The zero-order valence-corrected chi connectivity index (χ0v) is 11.1. The molecule has 0 radical (unpaired) electrons. The molecule has 19 heavy (non-hydrogen) atoms. The van der Waals surface area contributed by atoms with E-state index in [0.717, 1.165) is 6.42 Å². The second kappa shape index (κ2) is 5.79. The molecule has 1 aromatic rings. The molecule has 0 aromatic heterocycles. The highest BCUT2D eigenvalue weighted by atomic mass is 32.1. The smallest absolute Gasteiger partial charge is 0.309 e. The average Bonchev–Trinajstić information content (AvgIpc) is 2.36. The molecule has 1 unspecified atom stereocenters. The zero-order valence-electron chi connectivity index (χ0n) is 10.3. The number of carbonyl (C=O) groups is 2. The van der Waals surface area contributed by atoms with E-state index < -0.39 is 11.8 Å². The second-order valence-electron chi connectivity index (χ2n) is 4.46. The minimum absolute atomic E-state index is 0.0356. The number of carbonyl (C=O) groups excluding carboxylic acids is 2. The van der Waals surface area contributed by atoms with Gasteiger partial charge >= 0.3 is 11.8 Å². The monoisotopic (exact) mass is 277 g/mol. The minimum atomic E-state index is -0.708. The third-order valence-electron chi connectivity index (χ3n) is 3.10. The Kier molecular flexibility index (Phi) is 4.11. The number of benzene rings is 1. The molecule has 6 heteroatoms. The summed E-state index contributed by atoms with van der Waals surface area (Å²) in [6.07, 6.45) is 0.935. The lowest BCUT2D eigenvalue weighted by molar-refractivity contribution is -0.139. The van der Waals surface area contributed by atoms with Crippen LogP contribution >= 0.6 is 12.2 Å². The van der Waals surface area contributed by atoms with Crippen molar-refractivity contribution in [2.24, 2.45) is 5.73 Å². The third-order valence-corrected chi connectivity index (χ3v) is 3.24. The summed E-state index contributed by atoms with van der Waals surface area (Å²) in [7, 11) is 0. The quantitative estimate of drug-likeness (QED) is 0.528. The van der Waals surface area contributed by atoms with E-state index in [4.69, 9.17) is 5.73 Å². The number of hydrogen-bond donors (Lipinski definition) is 3. The van der Waals surface area contributed by atoms with Crippen LogP contribution in [0.1, 0.15) is 17.0 Å². The van der Waals surface area contributed by atoms with Crippen molar-refractivity contribution in [3.05, 3.63) is 35.4 Å². The van der Waals surface area contributed by atoms with Crippen LogP contribution in [0.4, 0.5) is 0 Å². The molecule has 100 valence electrons. The molecule has 0 bridgehead atoms. The van der Waals surface area contributed by atoms with Gasteiger partial charge in [-0.2, -0.15) is 0 Å². The molecular weight excluding hydrogens is 262 g/mol. The summed E-state index contributed by atoms with van der Waals surface area (Å²) in [5, 5.41) is 4.96. The van der Waals surface area contributed by atoms with Gasteiger partial charge < -0.3 is 16.4 Å². The molecule has 0 saturated carbocycles. The second-order valence-corrected chi connectivity index (χ2v) is 4.98. The Balaban J connectivity index is 1.76. The van der Waals surface area contributed by atoms with Crippen LogP contribution in [0.5, 0.6) is 0 Å². The zero-order chi connectivity index (χ0) is 13.8. The number of hydrogen-bond acceptors (Lipinski definition) is 3. The molecule has 0 saturated heterocycles. The van der Waals surface area contributed by atoms with E-state index in [-0.39, 0.29) is 11.5 Å². The Morgan fingerprint density at radius 3 is 2.63 bits per heavy atom. The lowest BCUT2D eigenvalue weighted by Crippen LogP contribution is -2.44. The molecule has 2 rings (SSSR count). The Labute approximate surface area is 116 Å². The molecule has 2 amide bonds. The highest BCUT2D eigenvalue weighted by Crippen LogP contribution is 2.33. The first-order chi connectivity index (χ1) is 9.08. The van der Waals surface area contributed by atoms with E-state index in [1.54, 1.807) is 0 Å². The highest BCUT2D eigenvalue weighted by molar-refractivity contribution is 7.80. The van der Waals surface area contributed by atoms with Crippen molar-refractivity contribution in [2.45, 2.75) is 12.3 Å². The number of thiocarbonyl (C=S) groups is 1. The topological polar surface area (TPSA) is 84.2 Å². The van der Waals surface area contributed by atoms with Gasteiger partial charge in [-0.25, -0.2) is 0 Å². The van der Waals surface area contributed by atoms with Crippen LogP contribution in [-0.4, -0.2) is 29.9 Å². The molecule has 1 aromatic carbocycles. The van der Waals surface area contributed by atoms with Crippen LogP contribution < -0.4 is 16.4 Å². The van der Waals surface area contributed by atoms with E-state index >= 15 is 0 Å². The van der Waals surface area contributed by atoms with Crippen LogP contribution in [-0.2, 0) is 16.0 Å². The summed E-state index contributed by atoms with van der Waals surface area (Å²) in [6.45, 7) is 0.504. The minimum Gasteiger partial charge on any atom is -0.392 e. The first-order valence-electron chi connectivity index (χ1n) is 6.00. The predicted molar refractivity (Wildman–Crippen MR) is 75.7 cm³/mol. The van der Waals surface area contributed by atoms with Gasteiger partial charge in [0.2, 0.25) is 0 Å². The number of nitrogens with one attached hydrogen (secondary N) is 2. The molecule has 1 atom stereocenters. The van der Waals surface area contributed by atoms with Crippen LogP contribution in [0.2, 0.25) is 0 Å². The van der Waals surface area contributed by atoms with Gasteiger partial charge in [-0.15, -0.1) is 0 Å². The van der Waals surface area contributed by atoms with E-state index in [1.807, 2.05) is 18.2 Å². The fourth-order valence-electron chi connectivity index (χ4n) is 2.09. The fraction of sp³-hybridized carbons (Fsp3) is 0.308. The molecule has 1 aliphatic carbocycles. The Morgan fingerprint density at radius 1 is 1.26 bits per heavy atom. The first-order valence-corrected chi connectivity index (χ1v) is 6.41. The van der Waals surface area contributed by atoms with E-state index in [0.29, 0.717) is 12.5 Å². The van der Waals surface area contributed by atoms with Gasteiger partial charge in [-0.3, -0.25) is 9.59 Å².